The zero-order valence-corrected chi connectivity index (χ0v) is 17.2. The van der Waals surface area contributed by atoms with Crippen LogP contribution in [0.25, 0.3) is 10.2 Å². The predicted octanol–water partition coefficient (Wildman–Crippen LogP) is 3.44. The van der Waals surface area contributed by atoms with Crippen molar-refractivity contribution in [2.75, 3.05) is 37.4 Å². The molecule has 2 aromatic heterocycles. The summed E-state index contributed by atoms with van der Waals surface area (Å²) in [7, 11) is 2.15. The van der Waals surface area contributed by atoms with Gasteiger partial charge in [-0.25, -0.2) is 4.98 Å². The highest BCUT2D eigenvalue weighted by atomic mass is 32.1. The van der Waals surface area contributed by atoms with Crippen LogP contribution in [0, 0.1) is 6.92 Å². The summed E-state index contributed by atoms with van der Waals surface area (Å²) in [5.41, 5.74) is 1.92. The van der Waals surface area contributed by atoms with E-state index < -0.39 is 0 Å². The monoisotopic (exact) mass is 399 g/mol. The number of benzene rings is 1. The van der Waals surface area contributed by atoms with Gasteiger partial charge < -0.3 is 20.3 Å². The van der Waals surface area contributed by atoms with Gasteiger partial charge in [-0.05, 0) is 65.0 Å². The average molecular weight is 400 g/mol. The first-order chi connectivity index (χ1) is 13.6. The number of rotatable bonds is 6. The summed E-state index contributed by atoms with van der Waals surface area (Å²) in [6.45, 7) is 6.57. The van der Waals surface area contributed by atoms with E-state index in [-0.39, 0.29) is 0 Å². The number of hydrogen-bond acceptors (Lipinski definition) is 9. The predicted molar refractivity (Wildman–Crippen MR) is 113 cm³/mol. The molecule has 1 aliphatic heterocycles. The lowest BCUT2D eigenvalue weighted by atomic mass is 10.1. The van der Waals surface area contributed by atoms with Gasteiger partial charge in [0.05, 0.1) is 21.8 Å². The first-order valence-corrected chi connectivity index (χ1v) is 10.4. The van der Waals surface area contributed by atoms with Crippen molar-refractivity contribution < 1.29 is 4.74 Å². The molecule has 3 aromatic rings. The van der Waals surface area contributed by atoms with Crippen molar-refractivity contribution in [2.45, 2.75) is 32.7 Å². The van der Waals surface area contributed by atoms with E-state index in [1.165, 1.54) is 0 Å². The van der Waals surface area contributed by atoms with E-state index in [4.69, 9.17) is 4.74 Å². The molecule has 148 valence electrons. The molecule has 8 nitrogen and oxygen atoms in total. The molecule has 0 radical (unpaired) electrons. The summed E-state index contributed by atoms with van der Waals surface area (Å²) in [5, 5.41) is 7.77. The molecule has 9 heteroatoms. The Kier molecular flexibility index (Phi) is 5.54. The number of piperidine rings is 1. The van der Waals surface area contributed by atoms with Crippen molar-refractivity contribution in [3.05, 3.63) is 23.2 Å². The first-order valence-electron chi connectivity index (χ1n) is 9.57. The largest absolute Gasteiger partial charge is 0.464 e. The van der Waals surface area contributed by atoms with Gasteiger partial charge in [-0.15, -0.1) is 11.3 Å². The van der Waals surface area contributed by atoms with E-state index in [1.807, 2.05) is 26.0 Å². The van der Waals surface area contributed by atoms with Crippen LogP contribution >= 0.6 is 11.3 Å². The Hall–Kier alpha value is -2.52. The lowest BCUT2D eigenvalue weighted by Gasteiger charge is -2.29. The number of nitrogens with one attached hydrogen (secondary N) is 2. The average Bonchev–Trinajstić information content (AvgIpc) is 3.03. The second-order valence-corrected chi connectivity index (χ2v) is 8.20. The number of aryl methyl sites for hydroxylation is 1. The number of ether oxygens (including phenoxy) is 1. The van der Waals surface area contributed by atoms with Crippen molar-refractivity contribution >= 4 is 39.1 Å². The molecule has 2 N–H and O–H groups in total. The number of fused-ring (bicyclic) bond motifs is 1. The molecule has 1 aromatic carbocycles. The van der Waals surface area contributed by atoms with E-state index in [1.54, 1.807) is 11.3 Å². The molecule has 0 amide bonds. The third-order valence-electron chi connectivity index (χ3n) is 4.69. The zero-order chi connectivity index (χ0) is 19.5. The van der Waals surface area contributed by atoms with E-state index in [2.05, 4.69) is 48.6 Å². The summed E-state index contributed by atoms with van der Waals surface area (Å²) in [6.07, 6.45) is 2.13. The molecule has 0 saturated carbocycles. The van der Waals surface area contributed by atoms with Crippen LogP contribution < -0.4 is 15.4 Å². The molecule has 0 atom stereocenters. The molecule has 4 rings (SSSR count). The van der Waals surface area contributed by atoms with Crippen molar-refractivity contribution in [1.29, 1.82) is 0 Å². The van der Waals surface area contributed by atoms with Crippen LogP contribution in [0.5, 0.6) is 6.01 Å². The molecular weight excluding hydrogens is 374 g/mol. The van der Waals surface area contributed by atoms with Gasteiger partial charge in [0.25, 0.3) is 0 Å². The molecule has 0 unspecified atom stereocenters. The number of nitrogens with zero attached hydrogens (tertiary/aromatic N) is 5. The van der Waals surface area contributed by atoms with Gasteiger partial charge in [-0.1, -0.05) is 0 Å². The first kappa shape index (κ1) is 18.8. The standard InChI is InChI=1S/C19H25N7OS/c1-4-27-19-24-17(21-13-7-9-26(3)10-8-13)23-18(25-19)22-14-5-6-15-16(11-14)28-12(2)20-15/h5-6,11,13H,4,7-10H2,1-3H3,(H2,21,22,23,24,25). The third kappa shape index (κ3) is 4.48. The van der Waals surface area contributed by atoms with Crippen LogP contribution in [-0.2, 0) is 0 Å². The van der Waals surface area contributed by atoms with Gasteiger partial charge in [-0.3, -0.25) is 0 Å². The summed E-state index contributed by atoms with van der Waals surface area (Å²) < 4.78 is 6.68. The Bertz CT molecular complexity index is 953. The second kappa shape index (κ2) is 8.24. The summed E-state index contributed by atoms with van der Waals surface area (Å²) >= 11 is 1.67. The second-order valence-electron chi connectivity index (χ2n) is 6.96. The van der Waals surface area contributed by atoms with E-state index in [0.717, 1.165) is 46.8 Å². The minimum atomic E-state index is 0.324. The van der Waals surface area contributed by atoms with Crippen LogP contribution in [0.3, 0.4) is 0 Å². The number of thiazole rings is 1. The maximum Gasteiger partial charge on any atom is 0.323 e. The molecule has 0 aliphatic carbocycles. The van der Waals surface area contributed by atoms with Gasteiger partial charge in [0.15, 0.2) is 0 Å². The molecule has 0 bridgehead atoms. The normalized spacial score (nSPS) is 15.7. The van der Waals surface area contributed by atoms with E-state index >= 15 is 0 Å². The zero-order valence-electron chi connectivity index (χ0n) is 16.4. The maximum absolute atomic E-state index is 5.55. The van der Waals surface area contributed by atoms with Crippen LogP contribution in [-0.4, -0.2) is 57.6 Å². The highest BCUT2D eigenvalue weighted by Gasteiger charge is 2.18. The number of aromatic nitrogens is 4. The fourth-order valence-electron chi connectivity index (χ4n) is 3.25. The fourth-order valence-corrected chi connectivity index (χ4v) is 4.12. The summed E-state index contributed by atoms with van der Waals surface area (Å²) in [4.78, 5) is 20.2. The number of anilines is 3. The van der Waals surface area contributed by atoms with Crippen LogP contribution in [0.2, 0.25) is 0 Å². The topological polar surface area (TPSA) is 88.1 Å². The molecule has 1 aliphatic rings. The third-order valence-corrected chi connectivity index (χ3v) is 5.63. The molecule has 3 heterocycles. The summed E-state index contributed by atoms with van der Waals surface area (Å²) in [5.74, 6) is 1.01. The smallest absolute Gasteiger partial charge is 0.323 e. The van der Waals surface area contributed by atoms with E-state index in [0.29, 0.717) is 30.6 Å². The number of hydrogen-bond donors (Lipinski definition) is 2. The van der Waals surface area contributed by atoms with Crippen molar-refractivity contribution in [3.8, 4) is 6.01 Å². The van der Waals surface area contributed by atoms with Crippen molar-refractivity contribution in [1.82, 2.24) is 24.8 Å². The van der Waals surface area contributed by atoms with Crippen LogP contribution in [0.15, 0.2) is 18.2 Å². The summed E-state index contributed by atoms with van der Waals surface area (Å²) in [6, 6.07) is 6.73. The molecule has 0 spiro atoms. The lowest BCUT2D eigenvalue weighted by molar-refractivity contribution is 0.263. The SMILES string of the molecule is CCOc1nc(Nc2ccc3nc(C)sc3c2)nc(NC2CCN(C)CC2)n1. The fraction of sp³-hybridized carbons (Fsp3) is 0.474. The molecule has 28 heavy (non-hydrogen) atoms. The van der Waals surface area contributed by atoms with Gasteiger partial charge in [0, 0.05) is 11.7 Å². The maximum atomic E-state index is 5.55. The Balaban J connectivity index is 1.55. The quantitative estimate of drug-likeness (QED) is 0.652. The van der Waals surface area contributed by atoms with Gasteiger partial charge in [0.2, 0.25) is 11.9 Å². The minimum absolute atomic E-state index is 0.324. The van der Waals surface area contributed by atoms with Gasteiger partial charge in [0.1, 0.15) is 0 Å². The highest BCUT2D eigenvalue weighted by molar-refractivity contribution is 7.18. The van der Waals surface area contributed by atoms with Crippen LogP contribution in [0.4, 0.5) is 17.6 Å². The minimum Gasteiger partial charge on any atom is -0.464 e. The Morgan fingerprint density at radius 1 is 1.14 bits per heavy atom. The van der Waals surface area contributed by atoms with Crippen molar-refractivity contribution in [2.24, 2.45) is 0 Å². The van der Waals surface area contributed by atoms with Crippen LogP contribution in [0.1, 0.15) is 24.8 Å². The van der Waals surface area contributed by atoms with E-state index in [9.17, 15) is 0 Å². The Labute approximate surface area is 168 Å². The molecule has 1 saturated heterocycles. The molecular formula is C19H25N7OS. The number of likely N-dealkylation sites (tertiary alicyclic amines) is 1. The van der Waals surface area contributed by atoms with Crippen molar-refractivity contribution in [3.63, 3.8) is 0 Å². The molecule has 1 fully saturated rings. The Morgan fingerprint density at radius 2 is 1.93 bits per heavy atom. The Morgan fingerprint density at radius 3 is 2.71 bits per heavy atom. The lowest BCUT2D eigenvalue weighted by Crippen LogP contribution is -2.37. The van der Waals surface area contributed by atoms with Gasteiger partial charge >= 0.3 is 6.01 Å². The highest BCUT2D eigenvalue weighted by Crippen LogP contribution is 2.26. The van der Waals surface area contributed by atoms with Gasteiger partial charge in [-0.2, -0.15) is 15.0 Å².